The number of rotatable bonds is 3. The normalized spacial score (nSPS) is 19.8. The largest absolute Gasteiger partial charge is 0.490 e. The van der Waals surface area contributed by atoms with Crippen molar-refractivity contribution in [2.24, 2.45) is 5.41 Å². The van der Waals surface area contributed by atoms with Crippen LogP contribution in [0, 0.1) is 16.7 Å². The zero-order valence-corrected chi connectivity index (χ0v) is 20.9. The molecule has 0 aliphatic carbocycles. The van der Waals surface area contributed by atoms with Crippen molar-refractivity contribution in [3.05, 3.63) is 48.0 Å². The highest BCUT2D eigenvalue weighted by Crippen LogP contribution is 2.35. The Bertz CT molecular complexity index is 1130. The Labute approximate surface area is 224 Å². The third-order valence-electron chi connectivity index (χ3n) is 5.80. The smallest absolute Gasteiger partial charge is 0.475 e. The number of likely N-dealkylation sites (tertiary alicyclic amines) is 1. The zero-order chi connectivity index (χ0) is 30.0. The Morgan fingerprint density at radius 3 is 2.23 bits per heavy atom. The molecule has 2 aromatic heterocycles. The number of hydrogen-bond donors (Lipinski definition) is 2. The molecule has 2 aromatic rings. The highest BCUT2D eigenvalue weighted by atomic mass is 19.4. The molecule has 2 aliphatic rings. The number of aliphatic carboxylic acids is 2. The van der Waals surface area contributed by atoms with E-state index < -0.39 is 24.3 Å². The second-order valence-corrected chi connectivity index (χ2v) is 8.97. The van der Waals surface area contributed by atoms with Gasteiger partial charge in [0, 0.05) is 25.0 Å². The molecule has 2 N–H and O–H groups in total. The minimum absolute atomic E-state index is 0.0890. The first kappa shape index (κ1) is 32.4. The molecule has 0 saturated carbocycles. The van der Waals surface area contributed by atoms with Crippen molar-refractivity contribution >= 4 is 17.8 Å². The van der Waals surface area contributed by atoms with Crippen LogP contribution >= 0.6 is 0 Å². The molecule has 0 bridgehead atoms. The fourth-order valence-electron chi connectivity index (χ4n) is 4.17. The Hall–Kier alpha value is -3.84. The number of nitriles is 1. The number of hydrogen-bond acceptors (Lipinski definition) is 8. The molecule has 0 amide bonds. The van der Waals surface area contributed by atoms with Gasteiger partial charge in [-0.15, -0.1) is 0 Å². The maximum absolute atomic E-state index is 10.6. The van der Waals surface area contributed by atoms with Gasteiger partial charge in [0.15, 0.2) is 0 Å². The summed E-state index contributed by atoms with van der Waals surface area (Å²) in [6.07, 6.45) is -6.13. The van der Waals surface area contributed by atoms with Crippen molar-refractivity contribution in [3.63, 3.8) is 0 Å². The summed E-state index contributed by atoms with van der Waals surface area (Å²) in [5.74, 6) is -3.63. The molecule has 2 saturated heterocycles. The van der Waals surface area contributed by atoms with Crippen molar-refractivity contribution < 1.29 is 55.3 Å². The Morgan fingerprint density at radius 2 is 1.68 bits per heavy atom. The standard InChI is InChI=1S/C20H24N4O2.2C2HF3O2/c21-12-17-4-1-6-19(22-17)24-9-11-25-16-20(15-24)7-3-8-23(14-20)13-18-5-2-10-26-18;2*3-2(4,5)1(6)7/h1-2,4-6,10H,3,7-9,11,13-16H2;2*(H,6,7). The van der Waals surface area contributed by atoms with E-state index in [2.05, 4.69) is 20.9 Å². The fraction of sp³-hybridized carbons (Fsp3) is 0.500. The van der Waals surface area contributed by atoms with E-state index in [1.54, 1.807) is 12.3 Å². The molecule has 220 valence electrons. The van der Waals surface area contributed by atoms with Gasteiger partial charge in [0.05, 0.1) is 26.0 Å². The average Bonchev–Trinajstić information content (AvgIpc) is 3.30. The van der Waals surface area contributed by atoms with Crippen LogP contribution in [0.15, 0.2) is 41.0 Å². The van der Waals surface area contributed by atoms with Crippen molar-refractivity contribution in [1.29, 1.82) is 5.26 Å². The Balaban J connectivity index is 0.000000333. The summed E-state index contributed by atoms with van der Waals surface area (Å²) in [5, 5.41) is 23.4. The van der Waals surface area contributed by atoms with Gasteiger partial charge in [-0.2, -0.15) is 31.6 Å². The van der Waals surface area contributed by atoms with E-state index in [1.807, 2.05) is 24.3 Å². The number of carboxylic acids is 2. The van der Waals surface area contributed by atoms with Gasteiger partial charge < -0.3 is 24.3 Å². The molecule has 10 nitrogen and oxygen atoms in total. The van der Waals surface area contributed by atoms with Gasteiger partial charge in [-0.1, -0.05) is 6.07 Å². The van der Waals surface area contributed by atoms with Crippen molar-refractivity contribution in [3.8, 4) is 6.07 Å². The first-order chi connectivity index (χ1) is 18.6. The summed E-state index contributed by atoms with van der Waals surface area (Å²) < 4.78 is 75.0. The number of carboxylic acid groups (broad SMARTS) is 2. The van der Waals surface area contributed by atoms with Gasteiger partial charge in [-0.05, 0) is 43.7 Å². The monoisotopic (exact) mass is 580 g/mol. The molecule has 4 heterocycles. The number of aromatic nitrogens is 1. The van der Waals surface area contributed by atoms with Gasteiger partial charge >= 0.3 is 24.3 Å². The van der Waals surface area contributed by atoms with E-state index in [9.17, 15) is 26.3 Å². The van der Waals surface area contributed by atoms with Crippen LogP contribution in [0.3, 0.4) is 0 Å². The van der Waals surface area contributed by atoms with E-state index in [4.69, 9.17) is 34.2 Å². The molecule has 1 spiro atoms. The summed E-state index contributed by atoms with van der Waals surface area (Å²) in [5.41, 5.74) is 0.552. The number of carbonyl (C=O) groups is 2. The number of furan rings is 1. The van der Waals surface area contributed by atoms with Crippen LogP contribution in [0.4, 0.5) is 32.2 Å². The Kier molecular flexibility index (Phi) is 11.3. The minimum Gasteiger partial charge on any atom is -0.475 e. The fourth-order valence-corrected chi connectivity index (χ4v) is 4.17. The van der Waals surface area contributed by atoms with Gasteiger partial charge in [0.25, 0.3) is 0 Å². The molecule has 0 aromatic carbocycles. The number of alkyl halides is 6. The van der Waals surface area contributed by atoms with E-state index in [1.165, 1.54) is 0 Å². The molecule has 1 atom stereocenters. The maximum Gasteiger partial charge on any atom is 0.490 e. The highest BCUT2D eigenvalue weighted by Gasteiger charge is 2.40. The molecular formula is C24H26F6N4O6. The second-order valence-electron chi connectivity index (χ2n) is 8.97. The Morgan fingerprint density at radius 1 is 1.02 bits per heavy atom. The lowest BCUT2D eigenvalue weighted by Crippen LogP contribution is -2.50. The molecular weight excluding hydrogens is 554 g/mol. The van der Waals surface area contributed by atoms with Crippen LogP contribution in [0.25, 0.3) is 0 Å². The van der Waals surface area contributed by atoms with Crippen molar-refractivity contribution in [2.45, 2.75) is 31.7 Å². The molecule has 0 radical (unpaired) electrons. The third-order valence-corrected chi connectivity index (χ3v) is 5.80. The van der Waals surface area contributed by atoms with E-state index in [0.717, 1.165) is 63.8 Å². The summed E-state index contributed by atoms with van der Waals surface area (Å²) in [6.45, 7) is 6.10. The third kappa shape index (κ3) is 10.4. The number of anilines is 1. The van der Waals surface area contributed by atoms with E-state index >= 15 is 0 Å². The van der Waals surface area contributed by atoms with Crippen molar-refractivity contribution in [1.82, 2.24) is 9.88 Å². The lowest BCUT2D eigenvalue weighted by atomic mass is 9.80. The maximum atomic E-state index is 10.6. The zero-order valence-electron chi connectivity index (χ0n) is 20.9. The lowest BCUT2D eigenvalue weighted by molar-refractivity contribution is -0.193. The number of pyridine rings is 1. The minimum atomic E-state index is -5.08. The molecule has 40 heavy (non-hydrogen) atoms. The van der Waals surface area contributed by atoms with Crippen LogP contribution in [-0.4, -0.2) is 83.8 Å². The predicted octanol–water partition coefficient (Wildman–Crippen LogP) is 3.93. The van der Waals surface area contributed by atoms with Crippen molar-refractivity contribution in [2.75, 3.05) is 44.3 Å². The van der Waals surface area contributed by atoms with Crippen LogP contribution in [-0.2, 0) is 20.9 Å². The summed E-state index contributed by atoms with van der Waals surface area (Å²) in [4.78, 5) is 27.0. The van der Waals surface area contributed by atoms with Gasteiger partial charge in [-0.3, -0.25) is 4.90 Å². The first-order valence-electron chi connectivity index (χ1n) is 11.7. The molecule has 16 heteroatoms. The molecule has 2 fully saturated rings. The van der Waals surface area contributed by atoms with Gasteiger partial charge in [-0.25, -0.2) is 14.6 Å². The number of piperidine rings is 1. The second kappa shape index (κ2) is 14.0. The summed E-state index contributed by atoms with van der Waals surface area (Å²) in [7, 11) is 0. The first-order valence-corrected chi connectivity index (χ1v) is 11.7. The average molecular weight is 580 g/mol. The van der Waals surface area contributed by atoms with Crippen LogP contribution in [0.1, 0.15) is 24.3 Å². The molecule has 2 aliphatic heterocycles. The van der Waals surface area contributed by atoms with Crippen LogP contribution in [0.2, 0.25) is 0 Å². The topological polar surface area (TPSA) is 140 Å². The van der Waals surface area contributed by atoms with E-state index in [-0.39, 0.29) is 5.41 Å². The highest BCUT2D eigenvalue weighted by molar-refractivity contribution is 5.73. The van der Waals surface area contributed by atoms with Crippen LogP contribution < -0.4 is 4.90 Å². The summed E-state index contributed by atoms with van der Waals surface area (Å²) in [6, 6.07) is 11.8. The van der Waals surface area contributed by atoms with Gasteiger partial charge in [0.2, 0.25) is 0 Å². The molecule has 4 rings (SSSR count). The molecule has 1 unspecified atom stereocenters. The lowest BCUT2D eigenvalue weighted by Gasteiger charge is -2.43. The van der Waals surface area contributed by atoms with Gasteiger partial charge in [0.1, 0.15) is 23.3 Å². The van der Waals surface area contributed by atoms with E-state index in [0.29, 0.717) is 12.3 Å². The SMILES string of the molecule is N#Cc1cccc(N2CCOCC3(CCCN(Cc4ccco4)C3)C2)n1.O=C(O)C(F)(F)F.O=C(O)C(F)(F)F. The number of halogens is 6. The predicted molar refractivity (Wildman–Crippen MR) is 125 cm³/mol. The quantitative estimate of drug-likeness (QED) is 0.513. The summed E-state index contributed by atoms with van der Waals surface area (Å²) >= 11 is 0. The number of ether oxygens (including phenoxy) is 1. The number of nitrogens with zero attached hydrogens (tertiary/aromatic N) is 4. The van der Waals surface area contributed by atoms with Crippen LogP contribution in [0.5, 0.6) is 0 Å².